The average molecular weight is 286 g/mol. The fourth-order valence-corrected chi connectivity index (χ4v) is 3.15. The molecule has 4 nitrogen and oxygen atoms in total. The molecule has 0 atom stereocenters. The summed E-state index contributed by atoms with van der Waals surface area (Å²) in [6.07, 6.45) is 1.49. The van der Waals surface area contributed by atoms with E-state index in [9.17, 15) is 12.8 Å². The van der Waals surface area contributed by atoms with Gasteiger partial charge in [0.1, 0.15) is 5.82 Å². The summed E-state index contributed by atoms with van der Waals surface area (Å²) < 4.78 is 39.6. The molecule has 0 unspecified atom stereocenters. The van der Waals surface area contributed by atoms with Crippen molar-refractivity contribution in [3.8, 4) is 0 Å². The van der Waals surface area contributed by atoms with E-state index in [0.717, 1.165) is 4.31 Å². The lowest BCUT2D eigenvalue weighted by Crippen LogP contribution is -2.28. The first-order chi connectivity index (χ1) is 8.84. The monoisotopic (exact) mass is 286 g/mol. The van der Waals surface area contributed by atoms with Crippen molar-refractivity contribution < 1.29 is 12.8 Å². The molecular formula is C13H19FN2O2S. The van der Waals surface area contributed by atoms with Gasteiger partial charge in [-0.15, -0.1) is 6.58 Å². The molecule has 0 spiro atoms. The summed E-state index contributed by atoms with van der Waals surface area (Å²) in [4.78, 5) is 0.00194. The number of benzene rings is 1. The highest BCUT2D eigenvalue weighted by Crippen LogP contribution is 2.23. The van der Waals surface area contributed by atoms with Crippen molar-refractivity contribution >= 4 is 10.0 Å². The summed E-state index contributed by atoms with van der Waals surface area (Å²) in [6.45, 7) is 5.56. The number of sulfonamides is 1. The molecule has 0 aliphatic carbocycles. The van der Waals surface area contributed by atoms with Crippen LogP contribution in [0.3, 0.4) is 0 Å². The third kappa shape index (κ3) is 3.40. The van der Waals surface area contributed by atoms with Gasteiger partial charge in [0.05, 0.1) is 4.90 Å². The molecule has 1 N–H and O–H groups in total. The number of nitrogens with zero attached hydrogens (tertiary/aromatic N) is 1. The van der Waals surface area contributed by atoms with Crippen LogP contribution in [0.25, 0.3) is 0 Å². The Hall–Kier alpha value is -1.24. The van der Waals surface area contributed by atoms with Crippen LogP contribution in [-0.2, 0) is 16.6 Å². The van der Waals surface area contributed by atoms with Crippen molar-refractivity contribution in [2.24, 2.45) is 0 Å². The molecule has 106 valence electrons. The van der Waals surface area contributed by atoms with Crippen LogP contribution in [0.5, 0.6) is 0 Å². The highest BCUT2D eigenvalue weighted by atomic mass is 32.2. The third-order valence-corrected chi connectivity index (χ3v) is 4.76. The molecule has 0 aromatic heterocycles. The van der Waals surface area contributed by atoms with E-state index in [1.807, 2.05) is 0 Å². The average Bonchev–Trinajstić information content (AvgIpc) is 2.34. The van der Waals surface area contributed by atoms with Crippen LogP contribution in [-0.4, -0.2) is 33.4 Å². The Kier molecular flexibility index (Phi) is 5.22. The van der Waals surface area contributed by atoms with Crippen LogP contribution >= 0.6 is 0 Å². The first kappa shape index (κ1) is 15.8. The number of nitrogens with one attached hydrogen (secondary N) is 1. The maximum Gasteiger partial charge on any atom is 0.243 e. The van der Waals surface area contributed by atoms with Gasteiger partial charge in [-0.1, -0.05) is 6.08 Å². The van der Waals surface area contributed by atoms with E-state index >= 15 is 0 Å². The number of hydrogen-bond donors (Lipinski definition) is 1. The minimum Gasteiger partial charge on any atom is -0.316 e. The molecule has 1 aromatic carbocycles. The Morgan fingerprint density at radius 3 is 2.63 bits per heavy atom. The number of hydrogen-bond acceptors (Lipinski definition) is 3. The summed E-state index contributed by atoms with van der Waals surface area (Å²) >= 11 is 0. The third-order valence-electron chi connectivity index (χ3n) is 2.81. The topological polar surface area (TPSA) is 49.4 Å². The SMILES string of the molecule is C=CCN(C)S(=O)(=O)c1cc(CNC)cc(F)c1C. The molecule has 1 aromatic rings. The van der Waals surface area contributed by atoms with E-state index in [-0.39, 0.29) is 17.0 Å². The Bertz CT molecular complexity index is 570. The Labute approximate surface area is 114 Å². The molecule has 0 bridgehead atoms. The minimum atomic E-state index is -3.70. The van der Waals surface area contributed by atoms with Gasteiger partial charge >= 0.3 is 0 Å². The highest BCUT2D eigenvalue weighted by Gasteiger charge is 2.24. The second kappa shape index (κ2) is 6.27. The van der Waals surface area contributed by atoms with Crippen molar-refractivity contribution in [1.29, 1.82) is 0 Å². The molecular weight excluding hydrogens is 267 g/mol. The van der Waals surface area contributed by atoms with Gasteiger partial charge in [-0.25, -0.2) is 12.8 Å². The zero-order valence-corrected chi connectivity index (χ0v) is 12.2. The van der Waals surface area contributed by atoms with E-state index in [1.54, 1.807) is 7.05 Å². The van der Waals surface area contributed by atoms with E-state index in [0.29, 0.717) is 12.1 Å². The number of halogens is 1. The molecule has 0 aliphatic rings. The van der Waals surface area contributed by atoms with Crippen LogP contribution < -0.4 is 5.32 Å². The standard InChI is InChI=1S/C13H19FN2O2S/c1-5-6-16(4)19(17,18)13-8-11(9-15-3)7-12(14)10(13)2/h5,7-8,15H,1,6,9H2,2-4H3. The van der Waals surface area contributed by atoms with Gasteiger partial charge in [-0.3, -0.25) is 0 Å². The highest BCUT2D eigenvalue weighted by molar-refractivity contribution is 7.89. The van der Waals surface area contributed by atoms with E-state index in [2.05, 4.69) is 11.9 Å². The second-order valence-electron chi connectivity index (χ2n) is 4.31. The van der Waals surface area contributed by atoms with Crippen molar-refractivity contribution in [2.75, 3.05) is 20.6 Å². The summed E-state index contributed by atoms with van der Waals surface area (Å²) in [5.74, 6) is -0.515. The summed E-state index contributed by atoms with van der Waals surface area (Å²) in [7, 11) is -0.539. The van der Waals surface area contributed by atoms with Gasteiger partial charge in [0.15, 0.2) is 0 Å². The van der Waals surface area contributed by atoms with Crippen LogP contribution in [0.2, 0.25) is 0 Å². The van der Waals surface area contributed by atoms with Crippen molar-refractivity contribution in [1.82, 2.24) is 9.62 Å². The van der Waals surface area contributed by atoms with Gasteiger partial charge in [-0.05, 0) is 31.7 Å². The predicted molar refractivity (Wildman–Crippen MR) is 73.9 cm³/mol. The molecule has 0 amide bonds. The Morgan fingerprint density at radius 2 is 2.11 bits per heavy atom. The van der Waals surface area contributed by atoms with Gasteiger partial charge in [0.25, 0.3) is 0 Å². The van der Waals surface area contributed by atoms with Crippen LogP contribution in [0.4, 0.5) is 4.39 Å². The minimum absolute atomic E-state index is 0.00194. The first-order valence-corrected chi connectivity index (χ1v) is 7.29. The zero-order valence-electron chi connectivity index (χ0n) is 11.4. The molecule has 0 saturated heterocycles. The van der Waals surface area contributed by atoms with Gasteiger partial charge < -0.3 is 5.32 Å². The van der Waals surface area contributed by atoms with Crippen molar-refractivity contribution in [3.63, 3.8) is 0 Å². The normalized spacial score (nSPS) is 11.8. The lowest BCUT2D eigenvalue weighted by atomic mass is 10.1. The lowest BCUT2D eigenvalue weighted by Gasteiger charge is -2.18. The molecule has 19 heavy (non-hydrogen) atoms. The fraction of sp³-hybridized carbons (Fsp3) is 0.385. The molecule has 0 heterocycles. The lowest BCUT2D eigenvalue weighted by molar-refractivity contribution is 0.496. The second-order valence-corrected chi connectivity index (χ2v) is 6.32. The molecule has 1 rings (SSSR count). The van der Waals surface area contributed by atoms with Crippen LogP contribution in [0.15, 0.2) is 29.7 Å². The summed E-state index contributed by atoms with van der Waals surface area (Å²) in [5.41, 5.74) is 0.729. The predicted octanol–water partition coefficient (Wildman–Crippen LogP) is 1.66. The fourth-order valence-electron chi connectivity index (χ4n) is 1.73. The first-order valence-electron chi connectivity index (χ1n) is 5.85. The summed E-state index contributed by atoms with van der Waals surface area (Å²) in [6, 6.07) is 2.85. The van der Waals surface area contributed by atoms with Gasteiger partial charge in [0.2, 0.25) is 10.0 Å². The van der Waals surface area contributed by atoms with E-state index in [4.69, 9.17) is 0 Å². The zero-order chi connectivity index (χ0) is 14.6. The van der Waals surface area contributed by atoms with Crippen molar-refractivity contribution in [2.45, 2.75) is 18.4 Å². The molecule has 0 radical (unpaired) electrons. The Balaban J connectivity index is 3.36. The van der Waals surface area contributed by atoms with Crippen LogP contribution in [0.1, 0.15) is 11.1 Å². The van der Waals surface area contributed by atoms with Crippen molar-refractivity contribution in [3.05, 3.63) is 41.7 Å². The van der Waals surface area contributed by atoms with Crippen LogP contribution in [0, 0.1) is 12.7 Å². The smallest absolute Gasteiger partial charge is 0.243 e. The maximum atomic E-state index is 13.8. The van der Waals surface area contributed by atoms with Gasteiger partial charge in [-0.2, -0.15) is 4.31 Å². The number of likely N-dealkylation sites (N-methyl/N-ethyl adjacent to an activating group) is 1. The van der Waals surface area contributed by atoms with Gasteiger partial charge in [0, 0.05) is 25.7 Å². The maximum absolute atomic E-state index is 13.8. The van der Waals surface area contributed by atoms with E-state index in [1.165, 1.54) is 32.2 Å². The summed E-state index contributed by atoms with van der Waals surface area (Å²) in [5, 5.41) is 2.87. The molecule has 0 aliphatic heterocycles. The van der Waals surface area contributed by atoms with E-state index < -0.39 is 15.8 Å². The largest absolute Gasteiger partial charge is 0.316 e. The molecule has 0 fully saturated rings. The molecule has 0 saturated carbocycles. The quantitative estimate of drug-likeness (QED) is 0.809. The Morgan fingerprint density at radius 1 is 1.47 bits per heavy atom. The number of rotatable bonds is 6. The molecule has 6 heteroatoms.